The van der Waals surface area contributed by atoms with Crippen molar-refractivity contribution in [3.8, 4) is 0 Å². The molecule has 1 aromatic heterocycles. The van der Waals surface area contributed by atoms with Gasteiger partial charge in [-0.3, -0.25) is 0 Å². The maximum absolute atomic E-state index is 4.37. The molecule has 0 amide bonds. The van der Waals surface area contributed by atoms with Crippen LogP contribution in [0.1, 0.15) is 39.4 Å². The van der Waals surface area contributed by atoms with Crippen LogP contribution < -0.4 is 5.32 Å². The maximum Gasteiger partial charge on any atom is 0.108 e. The maximum atomic E-state index is 4.37. The number of hydrogen-bond donors (Lipinski definition) is 1. The molecule has 0 bridgehead atoms. The molecule has 0 aliphatic carbocycles. The summed E-state index contributed by atoms with van der Waals surface area (Å²) in [5.41, 5.74) is 0. The van der Waals surface area contributed by atoms with Crippen LogP contribution in [0.4, 0.5) is 0 Å². The van der Waals surface area contributed by atoms with Crippen LogP contribution >= 0.6 is 0 Å². The van der Waals surface area contributed by atoms with Gasteiger partial charge in [0.05, 0.1) is 0 Å². The molecule has 1 N–H and O–H groups in total. The molecule has 1 aromatic rings. The van der Waals surface area contributed by atoms with E-state index in [4.69, 9.17) is 0 Å². The van der Waals surface area contributed by atoms with Crippen LogP contribution in [0, 0.1) is 5.92 Å². The standard InChI is InChI=1S/C13H25N3/c1-5-11(3)12(14-6-2)7-8-13-15-9-10-16(13)4/h9-12,14H,5-8H2,1-4H3. The van der Waals surface area contributed by atoms with Gasteiger partial charge in [-0.05, 0) is 18.9 Å². The highest BCUT2D eigenvalue weighted by Gasteiger charge is 2.15. The van der Waals surface area contributed by atoms with E-state index in [1.54, 1.807) is 0 Å². The number of rotatable bonds is 7. The van der Waals surface area contributed by atoms with E-state index in [-0.39, 0.29) is 0 Å². The zero-order valence-corrected chi connectivity index (χ0v) is 11.0. The highest BCUT2D eigenvalue weighted by molar-refractivity contribution is 4.92. The molecule has 0 saturated carbocycles. The number of nitrogens with one attached hydrogen (secondary N) is 1. The first-order chi connectivity index (χ1) is 7.69. The highest BCUT2D eigenvalue weighted by atomic mass is 15.0. The molecular weight excluding hydrogens is 198 g/mol. The van der Waals surface area contributed by atoms with Gasteiger partial charge in [0.2, 0.25) is 0 Å². The second-order valence-corrected chi connectivity index (χ2v) is 4.54. The number of imidazole rings is 1. The average Bonchev–Trinajstić information content (AvgIpc) is 2.69. The Morgan fingerprint density at radius 2 is 2.19 bits per heavy atom. The molecule has 0 aliphatic heterocycles. The van der Waals surface area contributed by atoms with Crippen LogP contribution in [0.2, 0.25) is 0 Å². The topological polar surface area (TPSA) is 29.9 Å². The largest absolute Gasteiger partial charge is 0.338 e. The van der Waals surface area contributed by atoms with Gasteiger partial charge in [0, 0.05) is 31.9 Å². The lowest BCUT2D eigenvalue weighted by Crippen LogP contribution is -2.35. The molecule has 1 heterocycles. The predicted molar refractivity (Wildman–Crippen MR) is 68.4 cm³/mol. The Balaban J connectivity index is 2.46. The second-order valence-electron chi connectivity index (χ2n) is 4.54. The Kier molecular flexibility index (Phi) is 5.53. The fraction of sp³-hybridized carbons (Fsp3) is 0.769. The van der Waals surface area contributed by atoms with Gasteiger partial charge in [0.25, 0.3) is 0 Å². The van der Waals surface area contributed by atoms with Gasteiger partial charge in [-0.2, -0.15) is 0 Å². The third kappa shape index (κ3) is 3.63. The molecule has 0 fully saturated rings. The minimum atomic E-state index is 0.617. The van der Waals surface area contributed by atoms with E-state index >= 15 is 0 Å². The molecule has 0 aliphatic rings. The van der Waals surface area contributed by atoms with Crippen LogP contribution in [-0.2, 0) is 13.5 Å². The predicted octanol–water partition coefficient (Wildman–Crippen LogP) is 2.38. The van der Waals surface area contributed by atoms with Crippen molar-refractivity contribution >= 4 is 0 Å². The normalized spacial score (nSPS) is 15.0. The Labute approximate surface area is 99.3 Å². The van der Waals surface area contributed by atoms with Crippen molar-refractivity contribution < 1.29 is 0 Å². The van der Waals surface area contributed by atoms with E-state index in [1.165, 1.54) is 18.7 Å². The van der Waals surface area contributed by atoms with Crippen LogP contribution in [-0.4, -0.2) is 22.1 Å². The molecule has 16 heavy (non-hydrogen) atoms. The molecule has 2 atom stereocenters. The van der Waals surface area contributed by atoms with Gasteiger partial charge in [0.1, 0.15) is 5.82 Å². The van der Waals surface area contributed by atoms with Crippen molar-refractivity contribution in [3.63, 3.8) is 0 Å². The number of aromatic nitrogens is 2. The lowest BCUT2D eigenvalue weighted by molar-refractivity contribution is 0.351. The molecule has 2 unspecified atom stereocenters. The quantitative estimate of drug-likeness (QED) is 0.769. The Bertz CT molecular complexity index is 293. The summed E-state index contributed by atoms with van der Waals surface area (Å²) in [5, 5.41) is 3.58. The third-order valence-corrected chi connectivity index (χ3v) is 3.40. The van der Waals surface area contributed by atoms with Crippen molar-refractivity contribution in [2.75, 3.05) is 6.54 Å². The Morgan fingerprint density at radius 3 is 2.69 bits per heavy atom. The lowest BCUT2D eigenvalue weighted by Gasteiger charge is -2.23. The van der Waals surface area contributed by atoms with Crippen LogP contribution in [0.3, 0.4) is 0 Å². The molecule has 0 saturated heterocycles. The summed E-state index contributed by atoms with van der Waals surface area (Å²) < 4.78 is 2.11. The van der Waals surface area contributed by atoms with E-state index in [2.05, 4.69) is 42.7 Å². The number of hydrogen-bond acceptors (Lipinski definition) is 2. The molecule has 3 nitrogen and oxygen atoms in total. The molecule has 1 rings (SSSR count). The Morgan fingerprint density at radius 1 is 1.44 bits per heavy atom. The lowest BCUT2D eigenvalue weighted by atomic mass is 9.95. The van der Waals surface area contributed by atoms with E-state index in [0.717, 1.165) is 18.9 Å². The number of nitrogens with zero attached hydrogens (tertiary/aromatic N) is 2. The van der Waals surface area contributed by atoms with Crippen molar-refractivity contribution in [1.82, 2.24) is 14.9 Å². The summed E-state index contributed by atoms with van der Waals surface area (Å²) in [6.45, 7) is 7.81. The van der Waals surface area contributed by atoms with Crippen molar-refractivity contribution in [2.24, 2.45) is 13.0 Å². The average molecular weight is 223 g/mol. The SMILES string of the molecule is CCNC(CCc1nccn1C)C(C)CC. The minimum absolute atomic E-state index is 0.617. The smallest absolute Gasteiger partial charge is 0.108 e. The van der Waals surface area contributed by atoms with Crippen molar-refractivity contribution in [2.45, 2.75) is 46.1 Å². The highest BCUT2D eigenvalue weighted by Crippen LogP contribution is 2.13. The fourth-order valence-corrected chi connectivity index (χ4v) is 2.06. The molecule has 0 aromatic carbocycles. The van der Waals surface area contributed by atoms with E-state index in [1.807, 2.05) is 12.4 Å². The van der Waals surface area contributed by atoms with Crippen LogP contribution in [0.5, 0.6) is 0 Å². The zero-order chi connectivity index (χ0) is 12.0. The monoisotopic (exact) mass is 223 g/mol. The fourth-order valence-electron chi connectivity index (χ4n) is 2.06. The van der Waals surface area contributed by atoms with E-state index in [9.17, 15) is 0 Å². The first kappa shape index (κ1) is 13.2. The third-order valence-electron chi connectivity index (χ3n) is 3.40. The molecule has 92 valence electrons. The summed E-state index contributed by atoms with van der Waals surface area (Å²) in [4.78, 5) is 4.37. The van der Waals surface area contributed by atoms with Gasteiger partial charge in [-0.15, -0.1) is 0 Å². The van der Waals surface area contributed by atoms with Gasteiger partial charge in [-0.1, -0.05) is 27.2 Å². The second kappa shape index (κ2) is 6.69. The summed E-state index contributed by atoms with van der Waals surface area (Å²) in [7, 11) is 2.06. The summed E-state index contributed by atoms with van der Waals surface area (Å²) >= 11 is 0. The van der Waals surface area contributed by atoms with Crippen molar-refractivity contribution in [3.05, 3.63) is 18.2 Å². The minimum Gasteiger partial charge on any atom is -0.338 e. The van der Waals surface area contributed by atoms with E-state index < -0.39 is 0 Å². The zero-order valence-electron chi connectivity index (χ0n) is 11.0. The van der Waals surface area contributed by atoms with Gasteiger partial charge in [-0.25, -0.2) is 4.98 Å². The summed E-state index contributed by atoms with van der Waals surface area (Å²) in [6, 6.07) is 0.617. The van der Waals surface area contributed by atoms with Gasteiger partial charge < -0.3 is 9.88 Å². The van der Waals surface area contributed by atoms with Gasteiger partial charge in [0.15, 0.2) is 0 Å². The van der Waals surface area contributed by atoms with Crippen molar-refractivity contribution in [1.29, 1.82) is 0 Å². The van der Waals surface area contributed by atoms with E-state index in [0.29, 0.717) is 6.04 Å². The van der Waals surface area contributed by atoms with Crippen LogP contribution in [0.25, 0.3) is 0 Å². The molecule has 0 radical (unpaired) electrons. The van der Waals surface area contributed by atoms with Gasteiger partial charge >= 0.3 is 0 Å². The van der Waals surface area contributed by atoms with Crippen LogP contribution in [0.15, 0.2) is 12.4 Å². The molecular formula is C13H25N3. The first-order valence-corrected chi connectivity index (χ1v) is 6.38. The first-order valence-electron chi connectivity index (χ1n) is 6.38. The molecule has 3 heteroatoms. The summed E-state index contributed by atoms with van der Waals surface area (Å²) in [5.74, 6) is 1.92. The Hall–Kier alpha value is -0.830. The summed E-state index contributed by atoms with van der Waals surface area (Å²) in [6.07, 6.45) is 7.36. The number of aryl methyl sites for hydroxylation is 2. The molecule has 0 spiro atoms.